The van der Waals surface area contributed by atoms with Crippen LogP contribution < -0.4 is 30.8 Å². The first kappa shape index (κ1) is 54.5. The molecule has 2 unspecified atom stereocenters. The smallest absolute Gasteiger partial charge is 0.547 e. The van der Waals surface area contributed by atoms with Gasteiger partial charge in [0.2, 0.25) is 0 Å². The van der Waals surface area contributed by atoms with Gasteiger partial charge in [-0.1, -0.05) is 64.8 Å². The summed E-state index contributed by atoms with van der Waals surface area (Å²) in [4.78, 5) is 58.2. The molecule has 0 aliphatic carbocycles. The molecule has 356 valence electrons. The molecule has 0 spiro atoms. The maximum atomic E-state index is 13.2. The van der Waals surface area contributed by atoms with Crippen molar-refractivity contribution in [2.75, 3.05) is 26.4 Å². The van der Waals surface area contributed by atoms with Crippen LogP contribution in [0.3, 0.4) is 0 Å². The van der Waals surface area contributed by atoms with Gasteiger partial charge in [0.1, 0.15) is 59.6 Å². The van der Waals surface area contributed by atoms with E-state index in [0.29, 0.717) is 97.6 Å². The Morgan fingerprint density at radius 3 is 1.25 bits per heavy atom. The Balaban J connectivity index is 0.000000288. The number of aromatic nitrogens is 8. The molecule has 2 atom stereocenters. The zero-order chi connectivity index (χ0) is 47.9. The summed E-state index contributed by atoms with van der Waals surface area (Å²) in [5, 5.41) is 31.3. The van der Waals surface area contributed by atoms with Gasteiger partial charge in [-0.05, 0) is 62.1 Å². The third-order valence-corrected chi connectivity index (χ3v) is 10.9. The first-order valence-electron chi connectivity index (χ1n) is 22.8. The van der Waals surface area contributed by atoms with E-state index in [2.05, 4.69) is 24.0 Å². The summed E-state index contributed by atoms with van der Waals surface area (Å²) in [6.07, 6.45) is 3.18. The summed E-state index contributed by atoms with van der Waals surface area (Å²) in [5.41, 5.74) is 5.51. The largest absolute Gasteiger partial charge is 2.00 e. The molecule has 19 heteroatoms. The SMILES string of the molecule is CCCc1nn(C)c2c(=O)n(CCOc3ccc(CC(OCC)C(=O)[O-])cc3)c(CC)nc12.CCCc1nn(C)c2c(=O)n(CCOc3ccc(CC(OCC)C(=O)[O-])cc3)c(CC)nc12.[Ca+2]. The monoisotopic (exact) mass is 950 g/mol. The van der Waals surface area contributed by atoms with Crippen molar-refractivity contribution >= 4 is 71.7 Å². The summed E-state index contributed by atoms with van der Waals surface area (Å²) < 4.78 is 28.6. The van der Waals surface area contributed by atoms with Gasteiger partial charge in [-0.3, -0.25) is 28.1 Å². The van der Waals surface area contributed by atoms with Gasteiger partial charge in [0.15, 0.2) is 11.0 Å². The van der Waals surface area contributed by atoms with Crippen molar-refractivity contribution in [3.05, 3.63) is 103 Å². The molecule has 0 radical (unpaired) electrons. The summed E-state index contributed by atoms with van der Waals surface area (Å²) in [6, 6.07) is 14.3. The normalized spacial score (nSPS) is 12.1. The molecule has 6 aromatic rings. The van der Waals surface area contributed by atoms with E-state index in [0.717, 1.165) is 48.2 Å². The van der Waals surface area contributed by atoms with Crippen molar-refractivity contribution < 1.29 is 38.7 Å². The number of carbonyl (C=O) groups excluding carboxylic acids is 2. The maximum Gasteiger partial charge on any atom is 2.00 e. The van der Waals surface area contributed by atoms with Crippen molar-refractivity contribution in [3.63, 3.8) is 0 Å². The van der Waals surface area contributed by atoms with Crippen molar-refractivity contribution in [1.82, 2.24) is 38.7 Å². The van der Waals surface area contributed by atoms with E-state index < -0.39 is 24.1 Å². The fourth-order valence-corrected chi connectivity index (χ4v) is 7.74. The second kappa shape index (κ2) is 26.4. The third-order valence-electron chi connectivity index (χ3n) is 10.9. The number of rotatable bonds is 24. The average molecular weight is 951 g/mol. The molecular formula is C48H62CaN8O10. The minimum absolute atomic E-state index is 0. The minimum atomic E-state index is -1.23. The van der Waals surface area contributed by atoms with Crippen molar-refractivity contribution in [3.8, 4) is 11.5 Å². The van der Waals surface area contributed by atoms with E-state index in [1.165, 1.54) is 0 Å². The number of hydrogen-bond acceptors (Lipinski definition) is 14. The van der Waals surface area contributed by atoms with Gasteiger partial charge in [-0.25, -0.2) is 9.97 Å². The van der Waals surface area contributed by atoms with Crippen LogP contribution in [0.2, 0.25) is 0 Å². The molecule has 0 aliphatic heterocycles. The summed E-state index contributed by atoms with van der Waals surface area (Å²) in [5.74, 6) is 0.226. The number of hydrogen-bond donors (Lipinski definition) is 0. The topological polar surface area (TPSA) is 223 Å². The van der Waals surface area contributed by atoms with Crippen LogP contribution in [0.4, 0.5) is 0 Å². The Labute approximate surface area is 420 Å². The second-order valence-electron chi connectivity index (χ2n) is 15.6. The summed E-state index contributed by atoms with van der Waals surface area (Å²) >= 11 is 0. The predicted octanol–water partition coefficient (Wildman–Crippen LogP) is 2.46. The molecule has 0 saturated carbocycles. The van der Waals surface area contributed by atoms with Gasteiger partial charge in [0, 0.05) is 53.0 Å². The number of nitrogens with zero attached hydrogens (tertiary/aromatic N) is 8. The van der Waals surface area contributed by atoms with Gasteiger partial charge >= 0.3 is 37.7 Å². The van der Waals surface area contributed by atoms with E-state index in [-0.39, 0.29) is 61.7 Å². The van der Waals surface area contributed by atoms with E-state index in [4.69, 9.17) is 28.9 Å². The van der Waals surface area contributed by atoms with Gasteiger partial charge < -0.3 is 38.7 Å². The summed E-state index contributed by atoms with van der Waals surface area (Å²) in [6.45, 7) is 13.5. The van der Waals surface area contributed by atoms with E-state index in [9.17, 15) is 29.4 Å². The molecule has 6 rings (SSSR count). The fourth-order valence-electron chi connectivity index (χ4n) is 7.74. The zero-order valence-electron chi connectivity index (χ0n) is 40.0. The standard InChI is InChI=1S/2C24H32N4O5.Ca/c2*1-5-8-18-21-22(27(4)26-18)23(29)28(20(6-2)25-21)13-14-33-17-11-9-16(10-12-17)15-19(24(30)31)32-7-3;/h2*9-12,19H,5-8,13-15H2,1-4H3,(H,30,31);/q;;+2/p-2. The first-order chi connectivity index (χ1) is 31.8. The van der Waals surface area contributed by atoms with E-state index in [1.54, 1.807) is 95.0 Å². The van der Waals surface area contributed by atoms with Crippen LogP contribution in [0, 0.1) is 0 Å². The molecule has 67 heavy (non-hydrogen) atoms. The number of carboxylic acids is 2. The molecule has 18 nitrogen and oxygen atoms in total. The Morgan fingerprint density at radius 2 is 0.955 bits per heavy atom. The molecule has 0 N–H and O–H groups in total. The van der Waals surface area contributed by atoms with Gasteiger partial charge in [-0.15, -0.1) is 0 Å². The van der Waals surface area contributed by atoms with Gasteiger partial charge in [0.05, 0.1) is 36.4 Å². The van der Waals surface area contributed by atoms with E-state index >= 15 is 0 Å². The van der Waals surface area contributed by atoms with Crippen molar-refractivity contribution in [2.24, 2.45) is 14.1 Å². The first-order valence-corrected chi connectivity index (χ1v) is 22.8. The number of carbonyl (C=O) groups is 2. The van der Waals surface area contributed by atoms with Crippen LogP contribution in [-0.4, -0.2) is 127 Å². The molecule has 4 heterocycles. The van der Waals surface area contributed by atoms with Crippen molar-refractivity contribution in [2.45, 2.75) is 118 Å². The Bertz CT molecular complexity index is 2490. The van der Waals surface area contributed by atoms with Crippen LogP contribution in [0.25, 0.3) is 22.1 Å². The molecule has 0 amide bonds. The molecule has 0 saturated heterocycles. The maximum absolute atomic E-state index is 13.2. The van der Waals surface area contributed by atoms with Crippen molar-refractivity contribution in [1.29, 1.82) is 0 Å². The van der Waals surface area contributed by atoms with Crippen LogP contribution >= 0.6 is 0 Å². The van der Waals surface area contributed by atoms with Crippen LogP contribution in [0.15, 0.2) is 58.1 Å². The Kier molecular flexibility index (Phi) is 21.5. The summed E-state index contributed by atoms with van der Waals surface area (Å²) in [7, 11) is 3.55. The molecule has 0 bridgehead atoms. The van der Waals surface area contributed by atoms with E-state index in [1.807, 2.05) is 13.8 Å². The second-order valence-corrected chi connectivity index (χ2v) is 15.6. The molecular weight excluding hydrogens is 889 g/mol. The zero-order valence-corrected chi connectivity index (χ0v) is 42.2. The molecule has 0 aliphatic rings. The quantitative estimate of drug-likeness (QED) is 0.0796. The third kappa shape index (κ3) is 14.0. The van der Waals surface area contributed by atoms with Crippen LogP contribution in [0.1, 0.15) is 88.5 Å². The number of aryl methyl sites for hydroxylation is 6. The minimum Gasteiger partial charge on any atom is -0.547 e. The fraction of sp³-hybridized carbons (Fsp3) is 0.500. The number of benzene rings is 2. The number of ether oxygens (including phenoxy) is 4. The molecule has 4 aromatic heterocycles. The number of aliphatic carboxylic acids is 2. The predicted molar refractivity (Wildman–Crippen MR) is 250 cm³/mol. The molecule has 2 aromatic carbocycles. The Hall–Kier alpha value is -5.14. The van der Waals surface area contributed by atoms with Crippen LogP contribution in [-0.2, 0) is 84.8 Å². The Morgan fingerprint density at radius 1 is 0.597 bits per heavy atom. The van der Waals surface area contributed by atoms with Gasteiger partial charge in [0.25, 0.3) is 11.1 Å². The number of carboxylic acid groups (broad SMARTS) is 2. The number of fused-ring (bicyclic) bond motifs is 2. The molecule has 0 fully saturated rings. The van der Waals surface area contributed by atoms with Crippen LogP contribution in [0.5, 0.6) is 11.5 Å². The van der Waals surface area contributed by atoms with Gasteiger partial charge in [-0.2, -0.15) is 10.2 Å². The average Bonchev–Trinajstić information content (AvgIpc) is 3.79.